The summed E-state index contributed by atoms with van der Waals surface area (Å²) in [6, 6.07) is 7.85. The molecule has 20 heavy (non-hydrogen) atoms. The molecular weight excluding hydrogens is 316 g/mol. The van der Waals surface area contributed by atoms with Crippen molar-refractivity contribution in [3.05, 3.63) is 51.3 Å². The molecule has 0 aliphatic heterocycles. The van der Waals surface area contributed by atoms with Crippen LogP contribution in [0.25, 0.3) is 0 Å². The number of carbonyl (C=O) groups excluding carboxylic acids is 1. The van der Waals surface area contributed by atoms with Gasteiger partial charge in [-0.25, -0.2) is 0 Å². The molecule has 4 heteroatoms. The first-order valence-corrected chi connectivity index (χ1v) is 7.69. The van der Waals surface area contributed by atoms with Gasteiger partial charge in [-0.1, -0.05) is 28.9 Å². The van der Waals surface area contributed by atoms with E-state index < -0.39 is 0 Å². The zero-order valence-electron chi connectivity index (χ0n) is 12.1. The molecule has 1 aromatic heterocycles. The summed E-state index contributed by atoms with van der Waals surface area (Å²) >= 11 is 3.47. The first-order valence-electron chi connectivity index (χ1n) is 6.90. The number of carbonyl (C=O) groups is 1. The molecule has 106 valence electrons. The minimum absolute atomic E-state index is 0.120. The van der Waals surface area contributed by atoms with Crippen molar-refractivity contribution in [3.8, 4) is 0 Å². The Morgan fingerprint density at radius 1 is 1.30 bits per heavy atom. The lowest BCUT2D eigenvalue weighted by Crippen LogP contribution is -2.10. The fourth-order valence-corrected chi connectivity index (χ4v) is 2.92. The normalized spacial score (nSPS) is 10.8. The number of halogens is 1. The lowest BCUT2D eigenvalue weighted by atomic mass is 10.0. The van der Waals surface area contributed by atoms with Gasteiger partial charge in [0, 0.05) is 22.3 Å². The Labute approximate surface area is 128 Å². The molecule has 0 fully saturated rings. The predicted molar refractivity (Wildman–Crippen MR) is 84.2 cm³/mol. The summed E-state index contributed by atoms with van der Waals surface area (Å²) in [6.45, 7) is 6.92. The molecule has 0 amide bonds. The zero-order valence-corrected chi connectivity index (χ0v) is 13.7. The van der Waals surface area contributed by atoms with E-state index in [9.17, 15) is 4.79 Å². The maximum absolute atomic E-state index is 12.4. The molecule has 1 heterocycles. The first kappa shape index (κ1) is 15.0. The lowest BCUT2D eigenvalue weighted by molar-refractivity contribution is 0.0990. The SMILES string of the molecule is CCc1cc(CC(=O)c2ccc(C)cc2Br)n(CC)n1. The largest absolute Gasteiger partial charge is 0.294 e. The maximum atomic E-state index is 12.4. The van der Waals surface area contributed by atoms with Crippen molar-refractivity contribution in [1.29, 1.82) is 0 Å². The molecule has 3 nitrogen and oxygen atoms in total. The van der Waals surface area contributed by atoms with Crippen molar-refractivity contribution in [1.82, 2.24) is 9.78 Å². The maximum Gasteiger partial charge on any atom is 0.169 e. The Hall–Kier alpha value is -1.42. The molecule has 0 aliphatic rings. The molecule has 0 saturated heterocycles. The standard InChI is InChI=1S/C16H19BrN2O/c1-4-12-9-13(19(5-2)18-12)10-16(20)14-7-6-11(3)8-15(14)17/h6-9H,4-5,10H2,1-3H3. The molecule has 0 spiro atoms. The van der Waals surface area contributed by atoms with Crippen LogP contribution in [0.5, 0.6) is 0 Å². The topological polar surface area (TPSA) is 34.9 Å². The van der Waals surface area contributed by atoms with Gasteiger partial charge in [0.25, 0.3) is 0 Å². The van der Waals surface area contributed by atoms with Crippen molar-refractivity contribution < 1.29 is 4.79 Å². The molecule has 0 aliphatic carbocycles. The smallest absolute Gasteiger partial charge is 0.169 e. The van der Waals surface area contributed by atoms with Crippen molar-refractivity contribution in [2.45, 2.75) is 40.2 Å². The van der Waals surface area contributed by atoms with Crippen LogP contribution in [0.4, 0.5) is 0 Å². The Morgan fingerprint density at radius 3 is 2.65 bits per heavy atom. The van der Waals surface area contributed by atoms with Crippen LogP contribution in [0.3, 0.4) is 0 Å². The summed E-state index contributed by atoms with van der Waals surface area (Å²) < 4.78 is 2.78. The molecule has 1 aromatic carbocycles. The molecule has 0 N–H and O–H groups in total. The number of Topliss-reactive ketones (excluding diaryl/α,β-unsaturated/α-hetero) is 1. The van der Waals surface area contributed by atoms with Gasteiger partial charge in [0.05, 0.1) is 12.1 Å². The van der Waals surface area contributed by atoms with E-state index in [0.29, 0.717) is 6.42 Å². The second kappa shape index (κ2) is 6.35. The molecule has 0 bridgehead atoms. The summed E-state index contributed by atoms with van der Waals surface area (Å²) in [7, 11) is 0. The van der Waals surface area contributed by atoms with Crippen LogP contribution in [0, 0.1) is 6.92 Å². The third-order valence-electron chi connectivity index (χ3n) is 3.34. The average Bonchev–Trinajstić information content (AvgIpc) is 2.80. The van der Waals surface area contributed by atoms with E-state index in [2.05, 4.69) is 28.0 Å². The second-order valence-electron chi connectivity index (χ2n) is 4.88. The number of hydrogen-bond acceptors (Lipinski definition) is 2. The summed E-state index contributed by atoms with van der Waals surface area (Å²) in [4.78, 5) is 12.4. The van der Waals surface area contributed by atoms with Gasteiger partial charge >= 0.3 is 0 Å². The van der Waals surface area contributed by atoms with Crippen LogP contribution in [-0.4, -0.2) is 15.6 Å². The predicted octanol–water partition coefficient (Wildman–Crippen LogP) is 3.96. The summed E-state index contributed by atoms with van der Waals surface area (Å²) in [6.07, 6.45) is 1.28. The fourth-order valence-electron chi connectivity index (χ4n) is 2.21. The molecule has 0 unspecified atom stereocenters. The third-order valence-corrected chi connectivity index (χ3v) is 4.00. The highest BCUT2D eigenvalue weighted by atomic mass is 79.9. The van der Waals surface area contributed by atoms with E-state index in [4.69, 9.17) is 0 Å². The number of nitrogens with zero attached hydrogens (tertiary/aromatic N) is 2. The highest BCUT2D eigenvalue weighted by molar-refractivity contribution is 9.10. The molecular formula is C16H19BrN2O. The van der Waals surface area contributed by atoms with Crippen LogP contribution in [0.2, 0.25) is 0 Å². The fraction of sp³-hybridized carbons (Fsp3) is 0.375. The monoisotopic (exact) mass is 334 g/mol. The van der Waals surface area contributed by atoms with Gasteiger partial charge in [-0.3, -0.25) is 9.48 Å². The Morgan fingerprint density at radius 2 is 2.05 bits per heavy atom. The molecule has 2 rings (SSSR count). The number of hydrogen-bond donors (Lipinski definition) is 0. The van der Waals surface area contributed by atoms with Crippen LogP contribution in [0.1, 0.15) is 41.2 Å². The van der Waals surface area contributed by atoms with Crippen molar-refractivity contribution in [2.75, 3.05) is 0 Å². The second-order valence-corrected chi connectivity index (χ2v) is 5.73. The third kappa shape index (κ3) is 3.18. The van der Waals surface area contributed by atoms with E-state index in [1.807, 2.05) is 42.8 Å². The Bertz CT molecular complexity index is 631. The zero-order chi connectivity index (χ0) is 14.7. The number of aromatic nitrogens is 2. The van der Waals surface area contributed by atoms with Gasteiger partial charge in [-0.15, -0.1) is 0 Å². The summed E-state index contributed by atoms with van der Waals surface area (Å²) in [5.74, 6) is 0.120. The van der Waals surface area contributed by atoms with E-state index in [1.165, 1.54) is 0 Å². The van der Waals surface area contributed by atoms with E-state index in [0.717, 1.165) is 40.0 Å². The van der Waals surface area contributed by atoms with Crippen LogP contribution >= 0.6 is 15.9 Å². The lowest BCUT2D eigenvalue weighted by Gasteiger charge is -2.06. The quantitative estimate of drug-likeness (QED) is 0.775. The number of aryl methyl sites for hydroxylation is 3. The van der Waals surface area contributed by atoms with Crippen LogP contribution in [0.15, 0.2) is 28.7 Å². The summed E-state index contributed by atoms with van der Waals surface area (Å²) in [5, 5.41) is 4.48. The number of ketones is 1. The van der Waals surface area contributed by atoms with Gasteiger partial charge in [0.1, 0.15) is 0 Å². The van der Waals surface area contributed by atoms with Crippen LogP contribution in [-0.2, 0) is 19.4 Å². The van der Waals surface area contributed by atoms with Crippen LogP contribution < -0.4 is 0 Å². The van der Waals surface area contributed by atoms with Crippen molar-refractivity contribution in [3.63, 3.8) is 0 Å². The molecule has 0 saturated carbocycles. The van der Waals surface area contributed by atoms with E-state index >= 15 is 0 Å². The average molecular weight is 335 g/mol. The van der Waals surface area contributed by atoms with Crippen molar-refractivity contribution >= 4 is 21.7 Å². The van der Waals surface area contributed by atoms with Crippen molar-refractivity contribution in [2.24, 2.45) is 0 Å². The van der Waals surface area contributed by atoms with Gasteiger partial charge in [0.2, 0.25) is 0 Å². The van der Waals surface area contributed by atoms with E-state index in [-0.39, 0.29) is 5.78 Å². The minimum Gasteiger partial charge on any atom is -0.294 e. The number of rotatable bonds is 5. The highest BCUT2D eigenvalue weighted by Crippen LogP contribution is 2.20. The van der Waals surface area contributed by atoms with E-state index in [1.54, 1.807) is 0 Å². The first-order chi connectivity index (χ1) is 9.55. The highest BCUT2D eigenvalue weighted by Gasteiger charge is 2.14. The Balaban J connectivity index is 2.25. The number of benzene rings is 1. The van der Waals surface area contributed by atoms with Gasteiger partial charge < -0.3 is 0 Å². The summed E-state index contributed by atoms with van der Waals surface area (Å²) in [5.41, 5.74) is 3.90. The molecule has 0 atom stereocenters. The Kier molecular flexibility index (Phi) is 4.76. The molecule has 0 radical (unpaired) electrons. The van der Waals surface area contributed by atoms with Gasteiger partial charge in [0.15, 0.2) is 5.78 Å². The van der Waals surface area contributed by atoms with Gasteiger partial charge in [-0.05, 0) is 44.0 Å². The van der Waals surface area contributed by atoms with Gasteiger partial charge in [-0.2, -0.15) is 5.10 Å². The minimum atomic E-state index is 0.120. The molecule has 2 aromatic rings.